The van der Waals surface area contributed by atoms with Crippen LogP contribution in [-0.4, -0.2) is 20.4 Å². The van der Waals surface area contributed by atoms with Crippen LogP contribution in [0.15, 0.2) is 50.5 Å². The lowest BCUT2D eigenvalue weighted by molar-refractivity contribution is 0.462. The number of hydrogen-bond donors (Lipinski definition) is 3. The van der Waals surface area contributed by atoms with E-state index in [9.17, 15) is 4.79 Å². The molecule has 8 nitrogen and oxygen atoms in total. The number of aromatic amines is 1. The normalized spacial score (nSPS) is 12.9. The summed E-state index contributed by atoms with van der Waals surface area (Å²) >= 11 is -0.696. The highest BCUT2D eigenvalue weighted by Gasteiger charge is 2.20. The predicted molar refractivity (Wildman–Crippen MR) is 107 cm³/mol. The van der Waals surface area contributed by atoms with Gasteiger partial charge in [-0.15, -0.1) is 0 Å². The number of imidazole rings is 1. The van der Waals surface area contributed by atoms with Crippen LogP contribution in [0.25, 0.3) is 0 Å². The lowest BCUT2D eigenvalue weighted by Crippen LogP contribution is -2.18. The average Bonchev–Trinajstić information content (AvgIpc) is 2.96. The molecule has 0 unspecified atom stereocenters. The summed E-state index contributed by atoms with van der Waals surface area (Å²) in [6, 6.07) is 11.4. The van der Waals surface area contributed by atoms with Gasteiger partial charge in [-0.2, -0.15) is 3.15 Å². The van der Waals surface area contributed by atoms with Gasteiger partial charge in [0.1, 0.15) is 38.6 Å². The third kappa shape index (κ3) is 3.29. The van der Waals surface area contributed by atoms with Crippen molar-refractivity contribution in [3.63, 3.8) is 0 Å². The Labute approximate surface area is 159 Å². The molecule has 26 heavy (non-hydrogen) atoms. The van der Waals surface area contributed by atoms with E-state index in [0.717, 1.165) is 16.9 Å². The summed E-state index contributed by atoms with van der Waals surface area (Å²) in [5, 5.41) is 7.82. The molecule has 0 fully saturated rings. The third-order valence-corrected chi connectivity index (χ3v) is 5.34. The molecule has 1 aromatic carbocycles. The summed E-state index contributed by atoms with van der Waals surface area (Å²) in [4.78, 5) is 19.2. The van der Waals surface area contributed by atoms with Crippen molar-refractivity contribution < 1.29 is 4.74 Å². The summed E-state index contributed by atoms with van der Waals surface area (Å²) in [6.45, 7) is 2.37. The van der Waals surface area contributed by atoms with Crippen LogP contribution < -0.4 is 14.0 Å². The number of H-pyrrole nitrogens is 1. The molecule has 0 saturated carbocycles. The molecular weight excluding hydrogens is 447 g/mol. The van der Waals surface area contributed by atoms with Gasteiger partial charge in [0.05, 0.1) is 6.54 Å². The lowest BCUT2D eigenvalue weighted by Gasteiger charge is -2.11. The van der Waals surface area contributed by atoms with Gasteiger partial charge in [0, 0.05) is 12.3 Å². The van der Waals surface area contributed by atoms with E-state index in [1.807, 2.05) is 37.3 Å². The molecule has 0 spiro atoms. The number of amidine groups is 1. The summed E-state index contributed by atoms with van der Waals surface area (Å²) in [5.41, 5.74) is 2.19. The standard InChI is InChI=1S/C17H15IN6O2/c1-10-2-5-12(6-3-10)26-13-7-4-11(8-20-13)9-24-16-14(21-17(24)25)15(19)22-18-23-16/h2-8H,9H2,1H3,(H,21,25)(H2,19,22,23). The quantitative estimate of drug-likeness (QED) is 0.407. The molecule has 0 amide bonds. The average molecular weight is 462 g/mol. The molecule has 0 atom stereocenters. The first-order chi connectivity index (χ1) is 12.6. The van der Waals surface area contributed by atoms with E-state index >= 15 is 0 Å². The maximum atomic E-state index is 12.2. The molecule has 0 bridgehead atoms. The smallest absolute Gasteiger partial charge is 0.328 e. The first-order valence-corrected chi connectivity index (χ1v) is 9.86. The first kappa shape index (κ1) is 16.6. The minimum Gasteiger partial charge on any atom is -0.439 e. The number of anilines is 1. The molecule has 132 valence electrons. The predicted octanol–water partition coefficient (Wildman–Crippen LogP) is 3.54. The van der Waals surface area contributed by atoms with Crippen LogP contribution in [-0.2, 0) is 6.54 Å². The Morgan fingerprint density at radius 2 is 2.04 bits per heavy atom. The fourth-order valence-corrected chi connectivity index (χ4v) is 3.90. The van der Waals surface area contributed by atoms with E-state index in [2.05, 4.69) is 16.6 Å². The molecule has 0 saturated heterocycles. The monoisotopic (exact) mass is 462 g/mol. The summed E-state index contributed by atoms with van der Waals surface area (Å²) in [6.07, 6.45) is 1.68. The Balaban J connectivity index is 1.53. The Morgan fingerprint density at radius 1 is 1.23 bits per heavy atom. The highest BCUT2D eigenvalue weighted by molar-refractivity contribution is 14.2. The molecule has 2 aromatic heterocycles. The Bertz CT molecular complexity index is 1050. The first-order valence-electron chi connectivity index (χ1n) is 7.81. The van der Waals surface area contributed by atoms with Gasteiger partial charge in [0.15, 0.2) is 5.84 Å². The number of nitrogens with zero attached hydrogens (tertiary/aromatic N) is 3. The van der Waals surface area contributed by atoms with E-state index in [-0.39, 0.29) is 11.5 Å². The zero-order valence-corrected chi connectivity index (χ0v) is 15.9. The van der Waals surface area contributed by atoms with E-state index in [0.29, 0.717) is 23.9 Å². The number of pyridine rings is 1. The maximum absolute atomic E-state index is 12.2. The second-order valence-electron chi connectivity index (χ2n) is 5.77. The highest BCUT2D eigenvalue weighted by atomic mass is 127. The summed E-state index contributed by atoms with van der Waals surface area (Å²) in [5.74, 6) is 1.97. The molecule has 1 aliphatic rings. The van der Waals surface area contributed by atoms with Crippen molar-refractivity contribution in [1.82, 2.24) is 14.5 Å². The summed E-state index contributed by atoms with van der Waals surface area (Å²) in [7, 11) is 0. The number of nitrogens with one attached hydrogen (secondary N) is 3. The van der Waals surface area contributed by atoms with Crippen molar-refractivity contribution in [1.29, 1.82) is 5.41 Å². The minimum atomic E-state index is -0.696. The van der Waals surface area contributed by atoms with Crippen molar-refractivity contribution in [2.24, 2.45) is 3.15 Å². The minimum absolute atomic E-state index is 0.127. The fraction of sp³-hybridized carbons (Fsp3) is 0.118. The topological polar surface area (TPSA) is 108 Å². The molecule has 0 radical (unpaired) electrons. The summed E-state index contributed by atoms with van der Waals surface area (Å²) < 4.78 is 14.5. The van der Waals surface area contributed by atoms with Crippen LogP contribution in [0.2, 0.25) is 0 Å². The fourth-order valence-electron chi connectivity index (χ4n) is 2.51. The third-order valence-electron chi connectivity index (χ3n) is 3.86. The van der Waals surface area contributed by atoms with E-state index in [1.54, 1.807) is 16.8 Å². The van der Waals surface area contributed by atoms with Crippen LogP contribution >= 0.6 is 21.3 Å². The van der Waals surface area contributed by atoms with Crippen LogP contribution in [0.3, 0.4) is 0 Å². The number of fused-ring (bicyclic) bond motifs is 1. The number of halogens is 1. The van der Waals surface area contributed by atoms with Gasteiger partial charge in [-0.3, -0.25) is 9.98 Å². The zero-order valence-electron chi connectivity index (χ0n) is 13.8. The van der Waals surface area contributed by atoms with Gasteiger partial charge >= 0.3 is 5.69 Å². The Hall–Kier alpha value is -2.82. The number of benzene rings is 1. The zero-order chi connectivity index (χ0) is 18.1. The molecule has 1 aliphatic heterocycles. The molecule has 4 rings (SSSR count). The Morgan fingerprint density at radius 3 is 2.77 bits per heavy atom. The van der Waals surface area contributed by atoms with Gasteiger partial charge in [-0.25, -0.2) is 9.78 Å². The number of rotatable bonds is 4. The van der Waals surface area contributed by atoms with E-state index in [1.165, 1.54) is 0 Å². The maximum Gasteiger partial charge on any atom is 0.328 e. The van der Waals surface area contributed by atoms with Crippen molar-refractivity contribution in [3.05, 3.63) is 69.9 Å². The molecule has 3 heterocycles. The van der Waals surface area contributed by atoms with E-state index < -0.39 is 21.3 Å². The van der Waals surface area contributed by atoms with Crippen molar-refractivity contribution in [2.45, 2.75) is 13.5 Å². The second kappa shape index (κ2) is 6.83. The second-order valence-corrected chi connectivity index (χ2v) is 7.28. The van der Waals surface area contributed by atoms with Crippen molar-refractivity contribution in [3.8, 4) is 11.6 Å². The van der Waals surface area contributed by atoms with Gasteiger partial charge in [0.2, 0.25) is 5.88 Å². The van der Waals surface area contributed by atoms with Gasteiger partial charge in [-0.1, -0.05) is 23.8 Å². The van der Waals surface area contributed by atoms with E-state index in [4.69, 9.17) is 10.1 Å². The van der Waals surface area contributed by atoms with Crippen LogP contribution in [0.4, 0.5) is 5.82 Å². The number of ether oxygens (including phenoxy) is 1. The SMILES string of the molecule is Cc1ccc(Oc2ccc(Cn3c4c([nH]c3=O)C(=N)N=IN4)cn2)cc1. The van der Waals surface area contributed by atoms with Gasteiger partial charge < -0.3 is 13.3 Å². The molecule has 3 N–H and O–H groups in total. The van der Waals surface area contributed by atoms with Gasteiger partial charge in [0.25, 0.3) is 0 Å². The highest BCUT2D eigenvalue weighted by Crippen LogP contribution is 2.25. The van der Waals surface area contributed by atoms with Gasteiger partial charge in [-0.05, 0) is 24.6 Å². The molecular formula is C17H15IN6O2. The number of aromatic nitrogens is 3. The lowest BCUT2D eigenvalue weighted by atomic mass is 10.2. The largest absolute Gasteiger partial charge is 0.439 e. The molecule has 0 aliphatic carbocycles. The van der Waals surface area contributed by atoms with Crippen molar-refractivity contribution >= 4 is 33.0 Å². The van der Waals surface area contributed by atoms with Crippen molar-refractivity contribution in [2.75, 3.05) is 3.53 Å². The van der Waals surface area contributed by atoms with Crippen LogP contribution in [0.1, 0.15) is 16.8 Å². The number of hydrogen-bond acceptors (Lipinski definition) is 5. The van der Waals surface area contributed by atoms with Crippen LogP contribution in [0.5, 0.6) is 11.6 Å². The molecule has 3 aromatic rings. The molecule has 9 heteroatoms. The Kier molecular flexibility index (Phi) is 4.37. The number of aryl methyl sites for hydroxylation is 1. The van der Waals surface area contributed by atoms with Crippen LogP contribution in [0, 0.1) is 12.3 Å².